The molecule has 0 amide bonds. The lowest BCUT2D eigenvalue weighted by molar-refractivity contribution is 0.0904. The van der Waals surface area contributed by atoms with Gasteiger partial charge in [0.1, 0.15) is 17.5 Å². The van der Waals surface area contributed by atoms with Crippen LogP contribution in [0.25, 0.3) is 68.7 Å². The number of para-hydroxylation sites is 1. The molecule has 1 fully saturated rings. The normalized spacial score (nSPS) is 11.5. The van der Waals surface area contributed by atoms with Gasteiger partial charge in [-0.1, -0.05) is 185 Å². The molecular formula is C84H76N22O7S6. The van der Waals surface area contributed by atoms with Crippen molar-refractivity contribution < 1.29 is 31.2 Å². The van der Waals surface area contributed by atoms with Gasteiger partial charge in [0.15, 0.2) is 0 Å². The van der Waals surface area contributed by atoms with Gasteiger partial charge in [-0.3, -0.25) is 19.9 Å². The van der Waals surface area contributed by atoms with Crippen LogP contribution < -0.4 is 16.0 Å². The summed E-state index contributed by atoms with van der Waals surface area (Å²) in [5, 5.41) is 61.4. The third-order valence-corrected chi connectivity index (χ3v) is 20.7. The predicted octanol–water partition coefficient (Wildman–Crippen LogP) is 19.5. The lowest BCUT2D eigenvalue weighted by atomic mass is 10.1. The van der Waals surface area contributed by atoms with E-state index in [2.05, 4.69) is 167 Å². The highest BCUT2D eigenvalue weighted by molar-refractivity contribution is 7.99. The average molecular weight is 1700 g/mol. The fourth-order valence-corrected chi connectivity index (χ4v) is 13.5. The summed E-state index contributed by atoms with van der Waals surface area (Å²) >= 11 is 8.84. The molecule has 119 heavy (non-hydrogen) atoms. The van der Waals surface area contributed by atoms with Gasteiger partial charge in [-0.05, 0) is 152 Å². The Morgan fingerprint density at radius 2 is 0.689 bits per heavy atom. The van der Waals surface area contributed by atoms with Gasteiger partial charge in [-0.25, -0.2) is 15.0 Å². The van der Waals surface area contributed by atoms with Crippen LogP contribution in [0.5, 0.6) is 0 Å². The first kappa shape index (κ1) is 84.2. The zero-order valence-corrected chi connectivity index (χ0v) is 69.3. The second-order valence-corrected chi connectivity index (χ2v) is 30.0. The lowest BCUT2D eigenvalue weighted by Gasteiger charge is -2.23. The molecule has 1 saturated heterocycles. The molecular weight excluding hydrogens is 1620 g/mol. The van der Waals surface area contributed by atoms with Crippen LogP contribution in [-0.4, -0.2) is 134 Å². The van der Waals surface area contributed by atoms with E-state index in [-0.39, 0.29) is 0 Å². The van der Waals surface area contributed by atoms with Gasteiger partial charge in [-0.15, -0.1) is 61.2 Å². The molecule has 0 bridgehead atoms. The number of anilines is 4. The maximum atomic E-state index is 5.63. The van der Waals surface area contributed by atoms with E-state index in [9.17, 15) is 0 Å². The van der Waals surface area contributed by atoms with Gasteiger partial charge in [0.2, 0.25) is 35.3 Å². The molecule has 17 aromatic rings. The Labute approximate surface area is 709 Å². The van der Waals surface area contributed by atoms with E-state index in [4.69, 9.17) is 31.2 Å². The third-order valence-electron chi connectivity index (χ3n) is 16.5. The topological polar surface area (TPSA) is 369 Å². The van der Waals surface area contributed by atoms with E-state index in [1.54, 1.807) is 62.0 Å². The molecule has 0 aliphatic carbocycles. The highest BCUT2D eigenvalue weighted by Crippen LogP contribution is 2.32. The fourth-order valence-electron chi connectivity index (χ4n) is 10.5. The molecule has 4 aromatic carbocycles. The molecule has 3 N–H and O–H groups in total. The van der Waals surface area contributed by atoms with Crippen molar-refractivity contribution in [3.8, 4) is 68.7 Å². The molecule has 0 radical (unpaired) electrons. The lowest BCUT2D eigenvalue weighted by Crippen LogP contribution is -2.28. The smallest absolute Gasteiger partial charge is 0.277 e. The molecule has 14 heterocycles. The number of ether oxygens (including phenoxy) is 1. The van der Waals surface area contributed by atoms with Gasteiger partial charge < -0.3 is 47.2 Å². The first-order chi connectivity index (χ1) is 58.7. The summed E-state index contributed by atoms with van der Waals surface area (Å²) < 4.78 is 38.7. The minimum absolute atomic E-state index is 0.413. The van der Waals surface area contributed by atoms with Crippen molar-refractivity contribution in [2.75, 3.05) is 47.9 Å². The molecule has 35 heteroatoms. The number of benzene rings is 4. The number of aryl methyl sites for hydroxylation is 1. The van der Waals surface area contributed by atoms with E-state index in [0.717, 1.165) is 112 Å². The van der Waals surface area contributed by atoms with Gasteiger partial charge in [-0.2, -0.15) is 0 Å². The molecule has 29 nitrogen and oxygen atoms in total. The minimum Gasteiger partial charge on any atom is -0.411 e. The van der Waals surface area contributed by atoms with Crippen molar-refractivity contribution >= 4 is 93.7 Å². The Balaban J connectivity index is 0.000000124. The standard InChI is InChI=1S/C15H14N4OS.C15H13N3OS.C14H12N4OS.C14H11N3OS.C13H16N4O2S.C13H10N4OS/c1-21-15-19-18-14(20-15)12-7-8-16-13(9-12)17-10-11-5-3-2-4-6-11;1-11-2-4-12(5-3-11)10-20-15-18-17-14(19-15)13-6-8-16-9-7-13;1-20-14-18-17-13(19-14)10-7-8-15-12(9-10)16-11-5-3-2-4-6-11;1-2-4-11(5-3-1)10-19-14-17-16-13(18-14)12-6-8-15-9-7-12;1-20-13-17-16-12(19-13)9-2-5-14-11(8-9)15-10-3-6-18-7-4-10;1-2-10(8-15-5-1)9-19-13-17-16-12(18-13)11-3-6-14-7-4-11/h2-9H,10H2,1H3,(H,16,17);2-9H,10H2,1H3;2-9H,1H3,(H,15,16);1-9H,10H2;2,5,8,10H,3-4,6-7H2,1H3,(H,14,15);1-8H,9H2. The van der Waals surface area contributed by atoms with Crippen molar-refractivity contribution in [2.24, 2.45) is 0 Å². The number of thioether (sulfide) groups is 6. The van der Waals surface area contributed by atoms with E-state index >= 15 is 0 Å². The molecule has 0 unspecified atom stereocenters. The summed E-state index contributed by atoms with van der Waals surface area (Å²) in [6.45, 7) is 4.41. The summed E-state index contributed by atoms with van der Waals surface area (Å²) in [5.74, 6) is 7.82. The first-order valence-electron chi connectivity index (χ1n) is 36.7. The number of hydrogen-bond acceptors (Lipinski definition) is 35. The van der Waals surface area contributed by atoms with Crippen LogP contribution in [0, 0.1) is 6.92 Å². The Morgan fingerprint density at radius 1 is 0.328 bits per heavy atom. The number of pyridine rings is 7. The van der Waals surface area contributed by atoms with Crippen molar-refractivity contribution in [3.05, 3.63) is 296 Å². The maximum absolute atomic E-state index is 5.63. The van der Waals surface area contributed by atoms with Gasteiger partial charge in [0.25, 0.3) is 31.3 Å². The Hall–Kier alpha value is -12.8. The van der Waals surface area contributed by atoms with Crippen molar-refractivity contribution in [2.45, 2.75) is 80.9 Å². The molecule has 0 spiro atoms. The molecule has 13 aromatic heterocycles. The van der Waals surface area contributed by atoms with Crippen molar-refractivity contribution in [1.29, 1.82) is 0 Å². The van der Waals surface area contributed by atoms with Crippen LogP contribution in [-0.2, 0) is 28.5 Å². The molecule has 1 aliphatic heterocycles. The highest BCUT2D eigenvalue weighted by atomic mass is 32.2. The monoisotopic (exact) mass is 1700 g/mol. The average Bonchev–Trinajstić information content (AvgIpc) is 1.80. The summed E-state index contributed by atoms with van der Waals surface area (Å²) in [7, 11) is 0. The Bertz CT molecular complexity index is 5660. The Morgan fingerprint density at radius 3 is 1.13 bits per heavy atom. The van der Waals surface area contributed by atoms with Crippen LogP contribution in [0.2, 0.25) is 0 Å². The molecule has 600 valence electrons. The zero-order chi connectivity index (χ0) is 81.7. The van der Waals surface area contributed by atoms with Gasteiger partial charge in [0.05, 0.1) is 0 Å². The van der Waals surface area contributed by atoms with E-state index < -0.39 is 0 Å². The highest BCUT2D eigenvalue weighted by Gasteiger charge is 2.18. The van der Waals surface area contributed by atoms with Gasteiger partial charge >= 0.3 is 0 Å². The van der Waals surface area contributed by atoms with Crippen LogP contribution in [0.15, 0.2) is 326 Å². The summed E-state index contributed by atoms with van der Waals surface area (Å²) in [6, 6.07) is 65.3. The fraction of sp³-hybridized carbons (Fsp3) is 0.155. The second-order valence-electron chi connectivity index (χ2n) is 24.9. The number of rotatable bonds is 25. The zero-order valence-electron chi connectivity index (χ0n) is 64.4. The number of hydrogen-bond donors (Lipinski definition) is 3. The number of nitrogens with zero attached hydrogens (tertiary/aromatic N) is 19. The molecule has 18 rings (SSSR count). The Kier molecular flexibility index (Phi) is 32.3. The van der Waals surface area contributed by atoms with Crippen LogP contribution >= 0.6 is 70.6 Å². The van der Waals surface area contributed by atoms with Crippen molar-refractivity contribution in [1.82, 2.24) is 96.1 Å². The van der Waals surface area contributed by atoms with E-state index in [1.807, 2.05) is 177 Å². The largest absolute Gasteiger partial charge is 0.411 e. The van der Waals surface area contributed by atoms with Crippen molar-refractivity contribution in [3.63, 3.8) is 0 Å². The molecule has 0 atom stereocenters. The van der Waals surface area contributed by atoms with Crippen LogP contribution in [0.4, 0.5) is 23.1 Å². The summed E-state index contributed by atoms with van der Waals surface area (Å²) in [5.41, 5.74) is 12.2. The van der Waals surface area contributed by atoms with Crippen LogP contribution in [0.3, 0.4) is 0 Å². The second kappa shape index (κ2) is 45.7. The quantitative estimate of drug-likeness (QED) is 0.0447. The number of nitrogens with one attached hydrogen (secondary N) is 3. The first-order valence-corrected chi connectivity index (χ1v) is 43.4. The SMILES string of the molecule is CSc1nnc(-c2ccnc(NC3CCOCC3)c2)o1.CSc1nnc(-c2ccnc(NCc3ccccc3)c2)o1.CSc1nnc(-c2ccnc(Nc3ccccc3)c2)o1.Cc1ccc(CSc2nnc(-c3ccncc3)o2)cc1.c1ccc(CSc2nnc(-c3ccncc3)o2)cc1.c1cncc(CSc2nnc(-c3ccncc3)o2)c1. The molecule has 1 aliphatic rings. The number of aromatic nitrogens is 19. The predicted molar refractivity (Wildman–Crippen MR) is 462 cm³/mol. The third kappa shape index (κ3) is 27.2. The maximum Gasteiger partial charge on any atom is 0.277 e. The van der Waals surface area contributed by atoms with E-state index in [0.29, 0.717) is 72.7 Å². The van der Waals surface area contributed by atoms with Crippen LogP contribution in [0.1, 0.15) is 40.7 Å². The summed E-state index contributed by atoms with van der Waals surface area (Å²) in [6.07, 6.45) is 26.7. The van der Waals surface area contributed by atoms with E-state index in [1.165, 1.54) is 92.8 Å². The molecule has 0 saturated carbocycles. The minimum atomic E-state index is 0.413. The van der Waals surface area contributed by atoms with Gasteiger partial charge in [0, 0.05) is 150 Å². The summed E-state index contributed by atoms with van der Waals surface area (Å²) in [4.78, 5) is 28.9.